The Bertz CT molecular complexity index is 701. The van der Waals surface area contributed by atoms with Crippen LogP contribution in [0.4, 0.5) is 0 Å². The Morgan fingerprint density at radius 1 is 1.11 bits per heavy atom. The number of benzene rings is 1. The number of ether oxygens (including phenoxy) is 1. The maximum atomic E-state index is 12.7. The van der Waals surface area contributed by atoms with Gasteiger partial charge in [-0.05, 0) is 38.7 Å². The van der Waals surface area contributed by atoms with Crippen LogP contribution in [0.15, 0.2) is 12.1 Å². The Kier molecular flexibility index (Phi) is 8.28. The first-order valence-electron chi connectivity index (χ1n) is 9.51. The summed E-state index contributed by atoms with van der Waals surface area (Å²) < 4.78 is 29.4. The molecule has 1 unspecified atom stereocenters. The van der Waals surface area contributed by atoms with Gasteiger partial charge in [0.05, 0.1) is 24.8 Å². The highest BCUT2D eigenvalue weighted by molar-refractivity contribution is 7.54. The molecule has 0 amide bonds. The molecule has 0 aliphatic carbocycles. The molecule has 0 fully saturated rings. The van der Waals surface area contributed by atoms with Crippen molar-refractivity contribution >= 4 is 13.6 Å². The maximum absolute atomic E-state index is 12.7. The van der Waals surface area contributed by atoms with E-state index in [4.69, 9.17) is 13.8 Å². The molecule has 154 valence electrons. The Hall–Kier alpha value is -1.16. The lowest BCUT2D eigenvalue weighted by Crippen LogP contribution is -2.19. The molecule has 0 heterocycles. The second-order valence-electron chi connectivity index (χ2n) is 8.55. The lowest BCUT2D eigenvalue weighted by atomic mass is 9.84. The van der Waals surface area contributed by atoms with Gasteiger partial charge in [0, 0.05) is 5.56 Å². The molecule has 0 spiro atoms. The van der Waals surface area contributed by atoms with E-state index in [-0.39, 0.29) is 30.2 Å². The van der Waals surface area contributed by atoms with Gasteiger partial charge in [-0.25, -0.2) is 0 Å². The van der Waals surface area contributed by atoms with E-state index >= 15 is 0 Å². The van der Waals surface area contributed by atoms with E-state index in [1.54, 1.807) is 27.7 Å². The van der Waals surface area contributed by atoms with Crippen molar-refractivity contribution in [1.29, 1.82) is 0 Å². The Morgan fingerprint density at radius 2 is 1.70 bits per heavy atom. The summed E-state index contributed by atoms with van der Waals surface area (Å²) in [7, 11) is -3.25. The van der Waals surface area contributed by atoms with E-state index < -0.39 is 13.6 Å². The van der Waals surface area contributed by atoms with Crippen molar-refractivity contribution in [2.24, 2.45) is 0 Å². The average Bonchev–Trinajstić information content (AvgIpc) is 2.47. The van der Waals surface area contributed by atoms with E-state index in [9.17, 15) is 9.36 Å². The quantitative estimate of drug-likeness (QED) is 0.308. The third-order valence-electron chi connectivity index (χ3n) is 4.01. The Balaban J connectivity index is 2.83. The highest BCUT2D eigenvalue weighted by Gasteiger charge is 2.31. The van der Waals surface area contributed by atoms with Crippen LogP contribution in [-0.2, 0) is 23.8 Å². The molecule has 0 radical (unpaired) electrons. The fraction of sp³-hybridized carbons (Fsp3) is 0.667. The molecule has 1 aromatic carbocycles. The van der Waals surface area contributed by atoms with Crippen LogP contribution >= 0.6 is 7.60 Å². The predicted octanol–water partition coefficient (Wildman–Crippen LogP) is 5.94. The first-order chi connectivity index (χ1) is 12.3. The molecule has 0 saturated heterocycles. The molecule has 0 aromatic heterocycles. The van der Waals surface area contributed by atoms with Crippen LogP contribution in [0.2, 0.25) is 0 Å². The van der Waals surface area contributed by atoms with Gasteiger partial charge in [0.15, 0.2) is 0 Å². The standard InChI is InChI=1S/C21H35O5P/c1-14(2)26-27(23,15(3)4)24-11-10-19(22)25-20-17(6)12-16(5)13-18(20)21(7,8)9/h12-15H,10-11H2,1-9H3. The zero-order chi connectivity index (χ0) is 21.0. The van der Waals surface area contributed by atoms with Gasteiger partial charge >= 0.3 is 13.6 Å². The third-order valence-corrected chi connectivity index (χ3v) is 6.53. The minimum atomic E-state index is -3.25. The van der Waals surface area contributed by atoms with Gasteiger partial charge in [-0.2, -0.15) is 0 Å². The van der Waals surface area contributed by atoms with E-state index in [2.05, 4.69) is 26.8 Å². The van der Waals surface area contributed by atoms with Crippen molar-refractivity contribution in [2.45, 2.75) is 85.9 Å². The van der Waals surface area contributed by atoms with Crippen molar-refractivity contribution in [1.82, 2.24) is 0 Å². The van der Waals surface area contributed by atoms with Gasteiger partial charge < -0.3 is 13.8 Å². The monoisotopic (exact) mass is 398 g/mol. The molecule has 0 bridgehead atoms. The summed E-state index contributed by atoms with van der Waals surface area (Å²) in [5.41, 5.74) is 2.61. The number of aryl methyl sites for hydroxylation is 2. The number of esters is 1. The van der Waals surface area contributed by atoms with Crippen LogP contribution in [0, 0.1) is 13.8 Å². The van der Waals surface area contributed by atoms with Crippen LogP contribution in [0.1, 0.15) is 71.6 Å². The van der Waals surface area contributed by atoms with Gasteiger partial charge in [-0.1, -0.05) is 52.3 Å². The minimum Gasteiger partial charge on any atom is -0.426 e. The van der Waals surface area contributed by atoms with Crippen LogP contribution in [0.5, 0.6) is 5.75 Å². The summed E-state index contributed by atoms with van der Waals surface area (Å²) in [5.74, 6) is 0.191. The topological polar surface area (TPSA) is 61.8 Å². The van der Waals surface area contributed by atoms with E-state index in [1.165, 1.54) is 0 Å². The Morgan fingerprint density at radius 3 is 2.19 bits per heavy atom. The van der Waals surface area contributed by atoms with Crippen molar-refractivity contribution in [3.63, 3.8) is 0 Å². The second kappa shape index (κ2) is 9.36. The fourth-order valence-corrected chi connectivity index (χ4v) is 4.20. The van der Waals surface area contributed by atoms with Crippen molar-refractivity contribution in [2.75, 3.05) is 6.61 Å². The number of hydrogen-bond acceptors (Lipinski definition) is 5. The van der Waals surface area contributed by atoms with E-state index in [0.29, 0.717) is 5.75 Å². The molecule has 1 rings (SSSR count). The molecule has 5 nitrogen and oxygen atoms in total. The Labute approximate surface area is 164 Å². The number of carbonyl (C=O) groups is 1. The van der Waals surface area contributed by atoms with Gasteiger partial charge in [0.2, 0.25) is 0 Å². The molecule has 0 N–H and O–H groups in total. The van der Waals surface area contributed by atoms with Gasteiger partial charge in [-0.15, -0.1) is 0 Å². The zero-order valence-electron chi connectivity index (χ0n) is 18.2. The van der Waals surface area contributed by atoms with E-state index in [0.717, 1.165) is 16.7 Å². The average molecular weight is 398 g/mol. The second-order valence-corrected chi connectivity index (χ2v) is 11.1. The summed E-state index contributed by atoms with van der Waals surface area (Å²) in [6.07, 6.45) is -0.204. The predicted molar refractivity (Wildman–Crippen MR) is 110 cm³/mol. The molecule has 0 aliphatic rings. The van der Waals surface area contributed by atoms with Gasteiger partial charge in [0.1, 0.15) is 5.75 Å². The molecule has 1 aromatic rings. The van der Waals surface area contributed by atoms with Crippen LogP contribution in [0.3, 0.4) is 0 Å². The summed E-state index contributed by atoms with van der Waals surface area (Å²) in [6.45, 7) is 17.4. The molecular weight excluding hydrogens is 363 g/mol. The summed E-state index contributed by atoms with van der Waals surface area (Å²) in [6, 6.07) is 4.05. The normalized spacial score (nSPS) is 14.5. The SMILES string of the molecule is Cc1cc(C)c(OC(=O)CCOP(=O)(OC(C)C)C(C)C)c(C(C)(C)C)c1. The van der Waals surface area contributed by atoms with Crippen LogP contribution in [0.25, 0.3) is 0 Å². The van der Waals surface area contributed by atoms with Crippen molar-refractivity contribution < 1.29 is 23.1 Å². The maximum Gasteiger partial charge on any atom is 0.333 e. The molecular formula is C21H35O5P. The largest absolute Gasteiger partial charge is 0.426 e. The molecule has 1 atom stereocenters. The smallest absolute Gasteiger partial charge is 0.333 e. The van der Waals surface area contributed by atoms with Gasteiger partial charge in [0.25, 0.3) is 0 Å². The molecule has 6 heteroatoms. The summed E-state index contributed by atoms with van der Waals surface area (Å²) >= 11 is 0. The molecule has 27 heavy (non-hydrogen) atoms. The summed E-state index contributed by atoms with van der Waals surface area (Å²) in [4.78, 5) is 12.4. The lowest BCUT2D eigenvalue weighted by molar-refractivity contribution is -0.135. The van der Waals surface area contributed by atoms with E-state index in [1.807, 2.05) is 19.9 Å². The third kappa shape index (κ3) is 7.06. The van der Waals surface area contributed by atoms with Gasteiger partial charge in [-0.3, -0.25) is 9.36 Å². The van der Waals surface area contributed by atoms with Crippen molar-refractivity contribution in [3.05, 3.63) is 28.8 Å². The lowest BCUT2D eigenvalue weighted by Gasteiger charge is -2.25. The fourth-order valence-electron chi connectivity index (χ4n) is 2.66. The number of hydrogen-bond donors (Lipinski definition) is 0. The van der Waals surface area contributed by atoms with Crippen LogP contribution in [-0.4, -0.2) is 24.3 Å². The number of carbonyl (C=O) groups excluding carboxylic acids is 1. The summed E-state index contributed by atoms with van der Waals surface area (Å²) in [5, 5.41) is 0. The molecule has 0 saturated carbocycles. The minimum absolute atomic E-state index is 0.00320. The highest BCUT2D eigenvalue weighted by Crippen LogP contribution is 2.53. The molecule has 0 aliphatic heterocycles. The zero-order valence-corrected chi connectivity index (χ0v) is 19.1. The highest BCUT2D eigenvalue weighted by atomic mass is 31.2. The van der Waals surface area contributed by atoms with Crippen molar-refractivity contribution in [3.8, 4) is 5.75 Å². The number of rotatable bonds is 8. The first kappa shape index (κ1) is 23.9. The van der Waals surface area contributed by atoms with Crippen LogP contribution < -0.4 is 4.74 Å². The first-order valence-corrected chi connectivity index (χ1v) is 11.1.